The molecule has 0 heterocycles. The van der Waals surface area contributed by atoms with Crippen LogP contribution in [0.4, 0.5) is 0 Å². The summed E-state index contributed by atoms with van der Waals surface area (Å²) in [6.07, 6.45) is 0.483. The quantitative estimate of drug-likeness (QED) is 0.508. The predicted octanol–water partition coefficient (Wildman–Crippen LogP) is 1.45. The zero-order valence-corrected chi connectivity index (χ0v) is 9.08. The van der Waals surface area contributed by atoms with Gasteiger partial charge in [0.2, 0.25) is 0 Å². The van der Waals surface area contributed by atoms with E-state index in [1.54, 1.807) is 6.92 Å². The molecule has 78 valence electrons. The van der Waals surface area contributed by atoms with Crippen molar-refractivity contribution in [3.8, 4) is 0 Å². The van der Waals surface area contributed by atoms with E-state index in [2.05, 4.69) is 0 Å². The summed E-state index contributed by atoms with van der Waals surface area (Å²) in [6.45, 7) is 4.67. The summed E-state index contributed by atoms with van der Waals surface area (Å²) in [6, 6.07) is 0. The highest BCUT2D eigenvalue weighted by molar-refractivity contribution is 7.45. The first kappa shape index (κ1) is 12.7. The number of rotatable bonds is 7. The monoisotopic (exact) mass is 208 g/mol. The van der Waals surface area contributed by atoms with Crippen LogP contribution >= 0.6 is 7.80 Å². The molecule has 1 N–H and O–H groups in total. The van der Waals surface area contributed by atoms with Crippen molar-refractivity contribution in [2.45, 2.75) is 25.9 Å². The van der Waals surface area contributed by atoms with Crippen molar-refractivity contribution in [3.63, 3.8) is 0 Å². The van der Waals surface area contributed by atoms with Crippen LogP contribution in [0.15, 0.2) is 0 Å². The number of carboxylic acids is 1. The number of carboxylic acid groups (broad SMARTS) is 1. The lowest BCUT2D eigenvalue weighted by atomic mass is 10.3. The molecule has 0 amide bonds. The maximum atomic E-state index is 11.4. The average Bonchev–Trinajstić information content (AvgIpc) is 2.03. The van der Waals surface area contributed by atoms with Crippen molar-refractivity contribution in [3.05, 3.63) is 0 Å². The van der Waals surface area contributed by atoms with Crippen LogP contribution in [-0.4, -0.2) is 36.1 Å². The summed E-state index contributed by atoms with van der Waals surface area (Å²) < 4.78 is 16.4. The van der Waals surface area contributed by atoms with Crippen LogP contribution in [0, 0.1) is 0 Å². The largest absolute Gasteiger partial charge is 0.481 e. The predicted molar refractivity (Wildman–Crippen MR) is 52.1 cm³/mol. The molecule has 5 heteroatoms. The lowest BCUT2D eigenvalue weighted by molar-refractivity contribution is -0.136. The van der Waals surface area contributed by atoms with Gasteiger partial charge in [-0.1, -0.05) is 6.92 Å². The number of hydrogen-bond acceptors (Lipinski definition) is 3. The smallest absolute Gasteiger partial charge is 0.304 e. The molecule has 0 fully saturated rings. The van der Waals surface area contributed by atoms with E-state index in [0.717, 1.165) is 0 Å². The van der Waals surface area contributed by atoms with Crippen LogP contribution in [-0.2, 0) is 14.1 Å². The molecule has 0 aromatic rings. The summed E-state index contributed by atoms with van der Waals surface area (Å²) in [4.78, 5) is 10.3. The van der Waals surface area contributed by atoms with Crippen LogP contribution in [0.1, 0.15) is 20.3 Å². The van der Waals surface area contributed by atoms with Gasteiger partial charge < -0.3 is 14.4 Å². The van der Waals surface area contributed by atoms with Crippen LogP contribution in [0.25, 0.3) is 0 Å². The third-order valence-corrected chi connectivity index (χ3v) is 3.73. The van der Waals surface area contributed by atoms with E-state index in [0.29, 0.717) is 19.4 Å². The normalized spacial score (nSPS) is 15.2. The first-order chi connectivity index (χ1) is 6.07. The molecule has 4 nitrogen and oxygen atoms in total. The van der Waals surface area contributed by atoms with E-state index in [1.807, 2.05) is 6.92 Å². The Bertz CT molecular complexity index is 181. The van der Waals surface area contributed by atoms with Gasteiger partial charge in [0, 0.05) is 18.4 Å². The molecule has 0 aliphatic carbocycles. The Morgan fingerprint density at radius 3 is 2.69 bits per heavy atom. The fourth-order valence-electron chi connectivity index (χ4n) is 0.939. The molecular formula is C8H17O4P. The van der Waals surface area contributed by atoms with E-state index >= 15 is 0 Å². The number of hydrogen-bond donors (Lipinski definition) is 1. The number of aliphatic carboxylic acids is 1. The van der Waals surface area contributed by atoms with E-state index in [-0.39, 0.29) is 12.1 Å². The van der Waals surface area contributed by atoms with E-state index in [1.165, 1.54) is 0 Å². The summed E-state index contributed by atoms with van der Waals surface area (Å²) in [5.74, 6) is -0.887. The van der Waals surface area contributed by atoms with Crippen molar-refractivity contribution < 1.29 is 19.2 Å². The molecular weight excluding hydrogens is 191 g/mol. The van der Waals surface area contributed by atoms with Gasteiger partial charge in [-0.25, -0.2) is 0 Å². The molecule has 2 unspecified atom stereocenters. The second-order valence-electron chi connectivity index (χ2n) is 2.91. The van der Waals surface area contributed by atoms with Gasteiger partial charge in [-0.2, -0.15) is 0 Å². The Labute approximate surface area is 79.1 Å². The zero-order chi connectivity index (χ0) is 10.3. The summed E-state index contributed by atoms with van der Waals surface area (Å²) in [7, 11) is -1.79. The molecule has 0 saturated heterocycles. The minimum Gasteiger partial charge on any atom is -0.481 e. The number of carbonyl (C=O) groups is 1. The van der Waals surface area contributed by atoms with Crippen molar-refractivity contribution >= 4 is 13.8 Å². The molecule has 0 aliphatic rings. The van der Waals surface area contributed by atoms with Gasteiger partial charge in [0.25, 0.3) is 0 Å². The van der Waals surface area contributed by atoms with Crippen LogP contribution in [0.2, 0.25) is 0 Å². The van der Waals surface area contributed by atoms with Gasteiger partial charge in [-0.15, -0.1) is 0 Å². The second kappa shape index (κ2) is 7.10. The fraction of sp³-hybridized carbons (Fsp3) is 0.875. The SMILES string of the molecule is CCOCC[PH](=O)C(C)CC(=O)O. The molecule has 0 aliphatic heterocycles. The summed E-state index contributed by atoms with van der Waals surface area (Å²) in [5.41, 5.74) is -0.219. The Kier molecular flexibility index (Phi) is 6.92. The Hall–Kier alpha value is -0.340. The average molecular weight is 208 g/mol. The van der Waals surface area contributed by atoms with Crippen molar-refractivity contribution in [1.82, 2.24) is 0 Å². The molecule has 13 heavy (non-hydrogen) atoms. The fourth-order valence-corrected chi connectivity index (χ4v) is 2.18. The standard InChI is InChI=1S/C8H17O4P/c1-3-12-4-5-13(11)7(2)6-8(9)10/h7,13H,3-6H2,1-2H3,(H,9,10). The first-order valence-corrected chi connectivity index (χ1v) is 6.09. The van der Waals surface area contributed by atoms with Crippen molar-refractivity contribution in [1.29, 1.82) is 0 Å². The third-order valence-electron chi connectivity index (χ3n) is 1.73. The van der Waals surface area contributed by atoms with E-state index in [4.69, 9.17) is 9.84 Å². The van der Waals surface area contributed by atoms with E-state index < -0.39 is 13.8 Å². The highest BCUT2D eigenvalue weighted by atomic mass is 31.1. The van der Waals surface area contributed by atoms with Gasteiger partial charge >= 0.3 is 5.97 Å². The third kappa shape index (κ3) is 6.79. The highest BCUT2D eigenvalue weighted by Crippen LogP contribution is 2.29. The highest BCUT2D eigenvalue weighted by Gasteiger charge is 2.14. The molecule has 0 aromatic heterocycles. The first-order valence-electron chi connectivity index (χ1n) is 4.40. The maximum absolute atomic E-state index is 11.4. The minimum absolute atomic E-state index is 0.01000. The van der Waals surface area contributed by atoms with Crippen LogP contribution in [0.5, 0.6) is 0 Å². The van der Waals surface area contributed by atoms with Crippen molar-refractivity contribution in [2.24, 2.45) is 0 Å². The van der Waals surface area contributed by atoms with Crippen molar-refractivity contribution in [2.75, 3.05) is 19.4 Å². The van der Waals surface area contributed by atoms with Crippen LogP contribution in [0.3, 0.4) is 0 Å². The maximum Gasteiger partial charge on any atom is 0.304 e. The molecule has 0 rings (SSSR count). The molecule has 0 spiro atoms. The Morgan fingerprint density at radius 1 is 1.62 bits per heavy atom. The lowest BCUT2D eigenvalue weighted by Crippen LogP contribution is -2.08. The molecule has 0 radical (unpaired) electrons. The number of ether oxygens (including phenoxy) is 1. The van der Waals surface area contributed by atoms with Gasteiger partial charge in [0.15, 0.2) is 0 Å². The summed E-state index contributed by atoms with van der Waals surface area (Å²) >= 11 is 0. The van der Waals surface area contributed by atoms with Crippen LogP contribution < -0.4 is 0 Å². The molecule has 0 aromatic carbocycles. The topological polar surface area (TPSA) is 63.6 Å². The Morgan fingerprint density at radius 2 is 2.23 bits per heavy atom. The molecule has 0 saturated carbocycles. The molecule has 2 atom stereocenters. The minimum atomic E-state index is -1.79. The van der Waals surface area contributed by atoms with Gasteiger partial charge in [0.1, 0.15) is 0 Å². The second-order valence-corrected chi connectivity index (χ2v) is 5.33. The lowest BCUT2D eigenvalue weighted by Gasteiger charge is -2.08. The zero-order valence-electron chi connectivity index (χ0n) is 8.08. The van der Waals surface area contributed by atoms with Gasteiger partial charge in [-0.05, 0) is 6.92 Å². The Balaban J connectivity index is 3.63. The summed E-state index contributed by atoms with van der Waals surface area (Å²) in [5, 5.41) is 8.45. The molecule has 0 bridgehead atoms. The van der Waals surface area contributed by atoms with Gasteiger partial charge in [-0.3, -0.25) is 4.79 Å². The van der Waals surface area contributed by atoms with Gasteiger partial charge in [0.05, 0.1) is 20.8 Å². The van der Waals surface area contributed by atoms with E-state index in [9.17, 15) is 9.36 Å².